The first-order valence-electron chi connectivity index (χ1n) is 7.48. The number of phenolic OH excluding ortho intramolecular Hbond substituents is 1. The molecule has 0 heterocycles. The van der Waals surface area contributed by atoms with Crippen LogP contribution in [0.3, 0.4) is 0 Å². The number of fused-ring (bicyclic) bond motifs is 1. The van der Waals surface area contributed by atoms with Gasteiger partial charge in [0.1, 0.15) is 11.4 Å². The zero-order valence-corrected chi connectivity index (χ0v) is 17.4. The maximum absolute atomic E-state index is 11.3. The summed E-state index contributed by atoms with van der Waals surface area (Å²) in [7, 11) is -4.30. The largest absolute Gasteiger partial charge is 0.506 e. The first-order valence-corrected chi connectivity index (χ1v) is 8.92. The van der Waals surface area contributed by atoms with Gasteiger partial charge in [-0.25, -0.2) is 0 Å². The van der Waals surface area contributed by atoms with E-state index >= 15 is 0 Å². The van der Waals surface area contributed by atoms with Crippen molar-refractivity contribution in [3.63, 3.8) is 0 Å². The van der Waals surface area contributed by atoms with Crippen LogP contribution in [0.15, 0.2) is 63.7 Å². The van der Waals surface area contributed by atoms with Gasteiger partial charge in [0.25, 0.3) is 10.1 Å². The van der Waals surface area contributed by atoms with E-state index in [4.69, 9.17) is 4.55 Å². The van der Waals surface area contributed by atoms with Gasteiger partial charge in [0, 0.05) is 34.9 Å². The third-order valence-electron chi connectivity index (χ3n) is 3.85. The van der Waals surface area contributed by atoms with E-state index in [1.54, 1.807) is 6.07 Å². The fraction of sp³-hybridized carbons (Fsp3) is 0.111. The van der Waals surface area contributed by atoms with E-state index in [9.17, 15) is 13.5 Å². The van der Waals surface area contributed by atoms with Crippen molar-refractivity contribution in [2.24, 2.45) is 10.2 Å². The number of hydrogen-bond acceptors (Lipinski definition) is 5. The molecule has 129 valence electrons. The number of nitrogens with zero attached hydrogens (tertiary/aromatic N) is 2. The SMILES string of the molecule is Cc1ccc(N=Nc2c(O)ccc3cc(S(=O)(=O)O)ccc23)c(C)c1.[Na]. The van der Waals surface area contributed by atoms with Gasteiger partial charge in [0.2, 0.25) is 0 Å². The normalized spacial score (nSPS) is 11.7. The Morgan fingerprint density at radius 2 is 1.65 bits per heavy atom. The summed E-state index contributed by atoms with van der Waals surface area (Å²) in [5, 5.41) is 19.5. The molecular weight excluding hydrogens is 363 g/mol. The van der Waals surface area contributed by atoms with Crippen molar-refractivity contribution in [3.8, 4) is 5.75 Å². The molecule has 0 aliphatic carbocycles. The van der Waals surface area contributed by atoms with Crippen LogP contribution in [0.5, 0.6) is 5.75 Å². The van der Waals surface area contributed by atoms with Crippen LogP contribution in [0.1, 0.15) is 11.1 Å². The van der Waals surface area contributed by atoms with E-state index in [0.717, 1.165) is 11.1 Å². The van der Waals surface area contributed by atoms with Gasteiger partial charge in [-0.05, 0) is 49.1 Å². The first-order chi connectivity index (χ1) is 11.8. The van der Waals surface area contributed by atoms with Gasteiger partial charge in [-0.3, -0.25) is 4.55 Å². The number of phenols is 1. The van der Waals surface area contributed by atoms with Crippen LogP contribution in [0.4, 0.5) is 11.4 Å². The van der Waals surface area contributed by atoms with Gasteiger partial charge in [0.05, 0.1) is 10.6 Å². The smallest absolute Gasteiger partial charge is 0.294 e. The van der Waals surface area contributed by atoms with Gasteiger partial charge >= 0.3 is 0 Å². The van der Waals surface area contributed by atoms with E-state index in [1.165, 1.54) is 24.3 Å². The molecule has 0 atom stereocenters. The van der Waals surface area contributed by atoms with Gasteiger partial charge in [-0.15, -0.1) is 5.11 Å². The van der Waals surface area contributed by atoms with Crippen LogP contribution in [0.25, 0.3) is 10.8 Å². The van der Waals surface area contributed by atoms with E-state index in [-0.39, 0.29) is 45.9 Å². The standard InChI is InChI=1S/C18H16N2O4S.Na/c1-11-3-7-16(12(2)9-11)19-20-18-15-6-5-14(25(22,23)24)10-13(15)4-8-17(18)21;/h3-10,21H,1-2H3,(H,22,23,24);. The quantitative estimate of drug-likeness (QED) is 0.399. The molecule has 3 aromatic carbocycles. The molecule has 0 spiro atoms. The van der Waals surface area contributed by atoms with E-state index in [2.05, 4.69) is 10.2 Å². The molecule has 0 aliphatic heterocycles. The van der Waals surface area contributed by atoms with E-state index in [1.807, 2.05) is 32.0 Å². The Hall–Kier alpha value is -1.77. The topological polar surface area (TPSA) is 99.3 Å². The molecule has 0 aliphatic rings. The van der Waals surface area contributed by atoms with Crippen LogP contribution in [-0.4, -0.2) is 47.6 Å². The zero-order chi connectivity index (χ0) is 18.2. The van der Waals surface area contributed by atoms with E-state index in [0.29, 0.717) is 16.5 Å². The fourth-order valence-electron chi connectivity index (χ4n) is 2.57. The summed E-state index contributed by atoms with van der Waals surface area (Å²) in [6, 6.07) is 12.8. The molecule has 1 radical (unpaired) electrons. The van der Waals surface area contributed by atoms with Crippen LogP contribution in [-0.2, 0) is 10.1 Å². The van der Waals surface area contributed by atoms with Crippen LogP contribution >= 0.6 is 0 Å². The minimum atomic E-state index is -4.30. The van der Waals surface area contributed by atoms with Crippen LogP contribution in [0.2, 0.25) is 0 Å². The predicted octanol–water partition coefficient (Wildman–Crippen LogP) is 4.44. The van der Waals surface area contributed by atoms with Gasteiger partial charge in [0.15, 0.2) is 0 Å². The number of aryl methyl sites for hydroxylation is 2. The average molecular weight is 379 g/mol. The molecule has 26 heavy (non-hydrogen) atoms. The number of azo groups is 1. The number of benzene rings is 3. The Bertz CT molecular complexity index is 1110. The molecule has 0 bridgehead atoms. The molecule has 0 amide bonds. The number of hydrogen-bond donors (Lipinski definition) is 2. The minimum Gasteiger partial charge on any atom is -0.506 e. The predicted molar refractivity (Wildman–Crippen MR) is 101 cm³/mol. The monoisotopic (exact) mass is 379 g/mol. The third-order valence-corrected chi connectivity index (χ3v) is 4.70. The fourth-order valence-corrected chi connectivity index (χ4v) is 3.08. The van der Waals surface area contributed by atoms with Crippen molar-refractivity contribution < 1.29 is 18.1 Å². The van der Waals surface area contributed by atoms with Gasteiger partial charge in [-0.1, -0.05) is 29.8 Å². The summed E-state index contributed by atoms with van der Waals surface area (Å²) in [6.45, 7) is 3.90. The second kappa shape index (κ2) is 7.85. The van der Waals surface area contributed by atoms with Crippen molar-refractivity contribution in [1.82, 2.24) is 0 Å². The third kappa shape index (κ3) is 4.31. The Morgan fingerprint density at radius 1 is 0.923 bits per heavy atom. The molecule has 0 saturated heterocycles. The molecule has 3 aromatic rings. The molecule has 6 nitrogen and oxygen atoms in total. The van der Waals surface area contributed by atoms with Crippen molar-refractivity contribution in [3.05, 3.63) is 59.7 Å². The summed E-state index contributed by atoms with van der Waals surface area (Å²) in [4.78, 5) is -0.219. The maximum Gasteiger partial charge on any atom is 0.294 e. The Labute approximate surface area is 173 Å². The summed E-state index contributed by atoms with van der Waals surface area (Å²) in [5.74, 6) is -0.0689. The Balaban J connectivity index is 0.00000243. The molecule has 3 rings (SSSR count). The van der Waals surface area contributed by atoms with Gasteiger partial charge < -0.3 is 5.11 Å². The molecule has 0 unspecified atom stereocenters. The Morgan fingerprint density at radius 3 is 2.31 bits per heavy atom. The van der Waals surface area contributed by atoms with Crippen molar-refractivity contribution >= 4 is 61.8 Å². The molecule has 0 saturated carbocycles. The molecule has 0 fully saturated rings. The number of aromatic hydroxyl groups is 1. The average Bonchev–Trinajstić information content (AvgIpc) is 2.54. The summed E-state index contributed by atoms with van der Waals surface area (Å²) >= 11 is 0. The van der Waals surface area contributed by atoms with Gasteiger partial charge in [-0.2, -0.15) is 13.5 Å². The molecular formula is C18H16N2NaO4S. The summed E-state index contributed by atoms with van der Waals surface area (Å²) in [5.41, 5.74) is 2.98. The molecule has 0 aromatic heterocycles. The summed E-state index contributed by atoms with van der Waals surface area (Å²) < 4.78 is 31.7. The zero-order valence-electron chi connectivity index (χ0n) is 14.6. The summed E-state index contributed by atoms with van der Waals surface area (Å²) in [6.07, 6.45) is 0. The van der Waals surface area contributed by atoms with Crippen molar-refractivity contribution in [2.75, 3.05) is 0 Å². The number of rotatable bonds is 3. The minimum absolute atomic E-state index is 0. The second-order valence-corrected chi connectivity index (χ2v) is 7.20. The molecule has 8 heteroatoms. The van der Waals surface area contributed by atoms with Crippen LogP contribution in [0, 0.1) is 13.8 Å². The maximum atomic E-state index is 11.3. The second-order valence-electron chi connectivity index (χ2n) is 5.78. The van der Waals surface area contributed by atoms with Crippen molar-refractivity contribution in [1.29, 1.82) is 0 Å². The first kappa shape index (κ1) is 20.5. The van der Waals surface area contributed by atoms with E-state index < -0.39 is 10.1 Å². The Kier molecular flexibility index (Phi) is 6.21. The molecule has 2 N–H and O–H groups in total. The van der Waals surface area contributed by atoms with Crippen LogP contribution < -0.4 is 0 Å². The van der Waals surface area contributed by atoms with Crippen molar-refractivity contribution in [2.45, 2.75) is 18.7 Å².